The summed E-state index contributed by atoms with van der Waals surface area (Å²) < 4.78 is 69.4. The van der Waals surface area contributed by atoms with Gasteiger partial charge < -0.3 is 19.8 Å². The molecular weight excluding hydrogens is 425 g/mol. The molecule has 10 heteroatoms. The van der Waals surface area contributed by atoms with E-state index in [4.69, 9.17) is 0 Å². The Morgan fingerprint density at radius 1 is 1.06 bits per heavy atom. The van der Waals surface area contributed by atoms with Crippen LogP contribution in [0.5, 0.6) is 5.75 Å². The number of hydrogen-bond acceptors (Lipinski definition) is 4. The minimum Gasteiger partial charge on any atom is -0.435 e. The summed E-state index contributed by atoms with van der Waals surface area (Å²) in [7, 11) is 0. The van der Waals surface area contributed by atoms with Gasteiger partial charge in [0.2, 0.25) is 0 Å². The van der Waals surface area contributed by atoms with Gasteiger partial charge in [0.25, 0.3) is 5.91 Å². The maximum Gasteiger partial charge on any atom is 0.417 e. The van der Waals surface area contributed by atoms with Gasteiger partial charge in [-0.15, -0.1) is 0 Å². The van der Waals surface area contributed by atoms with Crippen molar-refractivity contribution in [1.29, 1.82) is 0 Å². The number of nitrogens with zero attached hydrogens (tertiary/aromatic N) is 1. The fourth-order valence-corrected chi connectivity index (χ4v) is 3.06. The summed E-state index contributed by atoms with van der Waals surface area (Å²) in [6, 6.07) is 7.96. The molecule has 31 heavy (non-hydrogen) atoms. The lowest BCUT2D eigenvalue weighted by molar-refractivity contribution is -0.137. The number of hydrogen-bond donors (Lipinski definition) is 2. The summed E-state index contributed by atoms with van der Waals surface area (Å²) in [6.45, 7) is -3.29. The van der Waals surface area contributed by atoms with Crippen molar-refractivity contribution >= 4 is 5.91 Å². The number of aliphatic hydroxyl groups excluding tert-OH is 2. The first-order chi connectivity index (χ1) is 14.5. The van der Waals surface area contributed by atoms with E-state index in [2.05, 4.69) is 16.6 Å². The van der Waals surface area contributed by atoms with Crippen molar-refractivity contribution in [2.45, 2.75) is 25.0 Å². The molecule has 5 nitrogen and oxygen atoms in total. The van der Waals surface area contributed by atoms with Crippen LogP contribution in [0.4, 0.5) is 22.0 Å². The number of carbonyl (C=O) groups excluding carboxylic acids is 1. The molecule has 2 aromatic carbocycles. The number of aliphatic hydroxyl groups is 2. The zero-order valence-electron chi connectivity index (χ0n) is 15.7. The van der Waals surface area contributed by atoms with Crippen molar-refractivity contribution in [2.75, 3.05) is 13.1 Å². The van der Waals surface area contributed by atoms with Crippen molar-refractivity contribution in [2.24, 2.45) is 0 Å². The van der Waals surface area contributed by atoms with Gasteiger partial charge in [-0.1, -0.05) is 24.1 Å². The molecule has 1 heterocycles. The van der Waals surface area contributed by atoms with Crippen LogP contribution in [-0.4, -0.2) is 52.9 Å². The molecular formula is C21H16F5NO4. The van der Waals surface area contributed by atoms with Gasteiger partial charge in [-0.25, -0.2) is 0 Å². The molecule has 1 amide bonds. The smallest absolute Gasteiger partial charge is 0.417 e. The van der Waals surface area contributed by atoms with Crippen LogP contribution in [-0.2, 0) is 11.0 Å². The van der Waals surface area contributed by atoms with E-state index in [0.717, 1.165) is 23.1 Å². The van der Waals surface area contributed by atoms with Crippen LogP contribution in [0.1, 0.15) is 11.1 Å². The average molecular weight is 441 g/mol. The van der Waals surface area contributed by atoms with Crippen LogP contribution >= 0.6 is 0 Å². The fraction of sp³-hybridized carbons (Fsp3) is 0.286. The van der Waals surface area contributed by atoms with Gasteiger partial charge in [-0.3, -0.25) is 4.79 Å². The lowest BCUT2D eigenvalue weighted by Crippen LogP contribution is -2.28. The SMILES string of the molecule is O=C(C#Cc1ccc(-c2ccc(OC(F)F)cc2)c(C(F)(F)F)c1)N1C[C@@H](O)[C@H](O)C1. The number of amides is 1. The first-order valence-electron chi connectivity index (χ1n) is 8.98. The first-order valence-corrected chi connectivity index (χ1v) is 8.98. The fourth-order valence-electron chi connectivity index (χ4n) is 3.06. The summed E-state index contributed by atoms with van der Waals surface area (Å²) in [5.74, 6) is 3.65. The molecule has 1 aliphatic rings. The summed E-state index contributed by atoms with van der Waals surface area (Å²) in [5, 5.41) is 18.9. The Bertz CT molecular complexity index is 1000. The lowest BCUT2D eigenvalue weighted by Gasteiger charge is -2.14. The van der Waals surface area contributed by atoms with Crippen molar-refractivity contribution in [3.05, 3.63) is 53.6 Å². The van der Waals surface area contributed by atoms with E-state index in [1.807, 2.05) is 0 Å². The Balaban J connectivity index is 1.87. The number of alkyl halides is 5. The minimum absolute atomic E-state index is 0.0672. The van der Waals surface area contributed by atoms with Crippen molar-refractivity contribution in [1.82, 2.24) is 4.90 Å². The molecule has 1 aliphatic heterocycles. The van der Waals surface area contributed by atoms with Crippen molar-refractivity contribution in [3.63, 3.8) is 0 Å². The molecule has 0 spiro atoms. The lowest BCUT2D eigenvalue weighted by atomic mass is 9.97. The highest BCUT2D eigenvalue weighted by molar-refractivity contribution is 5.94. The van der Waals surface area contributed by atoms with Gasteiger partial charge in [0.05, 0.1) is 30.9 Å². The van der Waals surface area contributed by atoms with E-state index >= 15 is 0 Å². The average Bonchev–Trinajstić information content (AvgIpc) is 3.04. The van der Waals surface area contributed by atoms with Crippen LogP contribution in [0.3, 0.4) is 0 Å². The van der Waals surface area contributed by atoms with Gasteiger partial charge in [0, 0.05) is 11.5 Å². The van der Waals surface area contributed by atoms with E-state index in [1.165, 1.54) is 24.3 Å². The third-order valence-corrected chi connectivity index (χ3v) is 4.58. The number of β-amino-alcohol motifs (C(OH)–C–C–N with tert-alkyl or cyclic N) is 2. The molecule has 0 unspecified atom stereocenters. The molecule has 0 radical (unpaired) electrons. The minimum atomic E-state index is -4.74. The van der Waals surface area contributed by atoms with Gasteiger partial charge in [0.1, 0.15) is 5.75 Å². The Kier molecular flexibility index (Phi) is 6.48. The van der Waals surface area contributed by atoms with E-state index in [0.29, 0.717) is 0 Å². The Morgan fingerprint density at radius 3 is 2.23 bits per heavy atom. The number of halogens is 5. The maximum absolute atomic E-state index is 13.6. The highest BCUT2D eigenvalue weighted by atomic mass is 19.4. The van der Waals surface area contributed by atoms with Crippen molar-refractivity contribution in [3.8, 4) is 28.7 Å². The largest absolute Gasteiger partial charge is 0.435 e. The van der Waals surface area contributed by atoms with Crippen molar-refractivity contribution < 1.29 is 41.7 Å². The van der Waals surface area contributed by atoms with Crippen LogP contribution < -0.4 is 4.74 Å². The first kappa shape index (κ1) is 22.5. The Labute approximate surface area is 173 Å². The summed E-state index contributed by atoms with van der Waals surface area (Å²) in [5.41, 5.74) is -1.15. The normalized spacial score (nSPS) is 18.6. The predicted octanol–water partition coefficient (Wildman–Crippen LogP) is 2.89. The molecule has 2 aromatic rings. The van der Waals surface area contributed by atoms with Crippen LogP contribution in [0.2, 0.25) is 0 Å². The van der Waals surface area contributed by atoms with E-state index < -0.39 is 36.5 Å². The van der Waals surface area contributed by atoms with E-state index in [1.54, 1.807) is 0 Å². The summed E-state index contributed by atoms with van der Waals surface area (Å²) in [6.07, 6.45) is -6.93. The van der Waals surface area contributed by atoms with Gasteiger partial charge in [-0.05, 0) is 35.4 Å². The Morgan fingerprint density at radius 2 is 1.68 bits per heavy atom. The monoisotopic (exact) mass is 441 g/mol. The molecule has 0 aromatic heterocycles. The standard InChI is InChI=1S/C21H16F5NO4/c22-20(23)31-14-5-3-13(4-6-14)15-7-1-12(9-16(15)21(24,25)26)2-8-19(30)27-10-17(28)18(29)11-27/h1,3-7,9,17-18,20,28-29H,10-11H2/t17-,18-/m1/s1. The molecule has 0 bridgehead atoms. The quantitative estimate of drug-likeness (QED) is 0.568. The third-order valence-electron chi connectivity index (χ3n) is 4.58. The molecule has 3 rings (SSSR count). The number of rotatable bonds is 3. The molecule has 0 saturated carbocycles. The summed E-state index contributed by atoms with van der Waals surface area (Å²) >= 11 is 0. The zero-order valence-corrected chi connectivity index (χ0v) is 15.7. The van der Waals surface area contributed by atoms with Crippen LogP contribution in [0.25, 0.3) is 11.1 Å². The second-order valence-corrected chi connectivity index (χ2v) is 6.76. The second kappa shape index (κ2) is 8.91. The summed E-state index contributed by atoms with van der Waals surface area (Å²) in [4.78, 5) is 13.1. The van der Waals surface area contributed by atoms with Gasteiger partial charge in [0.15, 0.2) is 0 Å². The topological polar surface area (TPSA) is 70.0 Å². The Hall–Kier alpha value is -3.16. The van der Waals surface area contributed by atoms with E-state index in [9.17, 15) is 37.0 Å². The molecule has 0 aliphatic carbocycles. The highest BCUT2D eigenvalue weighted by Gasteiger charge is 2.34. The molecule has 2 atom stereocenters. The van der Waals surface area contributed by atoms with Gasteiger partial charge in [-0.2, -0.15) is 22.0 Å². The van der Waals surface area contributed by atoms with Gasteiger partial charge >= 0.3 is 12.8 Å². The molecule has 2 N–H and O–H groups in total. The number of likely N-dealkylation sites (tertiary alicyclic amines) is 1. The van der Waals surface area contributed by atoms with Crippen LogP contribution in [0, 0.1) is 11.8 Å². The van der Waals surface area contributed by atoms with E-state index in [-0.39, 0.29) is 35.5 Å². The number of carbonyl (C=O) groups is 1. The molecule has 1 fully saturated rings. The zero-order chi connectivity index (χ0) is 22.8. The van der Waals surface area contributed by atoms with Crippen LogP contribution in [0.15, 0.2) is 42.5 Å². The predicted molar refractivity (Wildman–Crippen MR) is 99.0 cm³/mol. The molecule has 1 saturated heterocycles. The number of benzene rings is 2. The highest BCUT2D eigenvalue weighted by Crippen LogP contribution is 2.38. The number of ether oxygens (including phenoxy) is 1. The third kappa shape index (κ3) is 5.51. The molecule has 164 valence electrons. The second-order valence-electron chi connectivity index (χ2n) is 6.76. The maximum atomic E-state index is 13.6.